The number of hydrogen-bond acceptors (Lipinski definition) is 3. The highest BCUT2D eigenvalue weighted by molar-refractivity contribution is 7.89. The number of carboxylic acid groups (broad SMARTS) is 1. The van der Waals surface area contributed by atoms with E-state index in [1.54, 1.807) is 18.2 Å². The lowest BCUT2D eigenvalue weighted by atomic mass is 9.90. The van der Waals surface area contributed by atoms with E-state index in [-0.39, 0.29) is 10.8 Å². The molecule has 0 amide bonds. The van der Waals surface area contributed by atoms with E-state index in [9.17, 15) is 18.3 Å². The van der Waals surface area contributed by atoms with Gasteiger partial charge in [-0.3, -0.25) is 4.79 Å². The quantitative estimate of drug-likeness (QED) is 0.873. The standard InChI is InChI=1S/C14H21NO4S/c1-10(2)9-12(14(16)17)11-7-5-6-8-13(11)20(18,19)15(3)4/h5-8,10,12H,9H2,1-4H3,(H,16,17). The predicted octanol–water partition coefficient (Wildman–Crippen LogP) is 2.15. The average molecular weight is 299 g/mol. The minimum atomic E-state index is -3.65. The molecule has 1 atom stereocenters. The van der Waals surface area contributed by atoms with E-state index in [0.717, 1.165) is 4.31 Å². The summed E-state index contributed by atoms with van der Waals surface area (Å²) >= 11 is 0. The van der Waals surface area contributed by atoms with Crippen molar-refractivity contribution in [2.45, 2.75) is 31.1 Å². The molecule has 6 heteroatoms. The summed E-state index contributed by atoms with van der Waals surface area (Å²) in [5, 5.41) is 9.40. The van der Waals surface area contributed by atoms with E-state index in [2.05, 4.69) is 0 Å². The van der Waals surface area contributed by atoms with Gasteiger partial charge in [-0.1, -0.05) is 32.0 Å². The first-order valence-corrected chi connectivity index (χ1v) is 7.86. The van der Waals surface area contributed by atoms with Gasteiger partial charge in [0.1, 0.15) is 0 Å². The number of carbonyl (C=O) groups is 1. The van der Waals surface area contributed by atoms with E-state index in [1.165, 1.54) is 20.2 Å². The van der Waals surface area contributed by atoms with Crippen LogP contribution in [0.15, 0.2) is 29.2 Å². The van der Waals surface area contributed by atoms with Crippen LogP contribution in [0.3, 0.4) is 0 Å². The summed E-state index contributed by atoms with van der Waals surface area (Å²) in [7, 11) is -0.782. The molecule has 0 bridgehead atoms. The zero-order valence-corrected chi connectivity index (χ0v) is 13.0. The first kappa shape index (κ1) is 16.7. The highest BCUT2D eigenvalue weighted by atomic mass is 32.2. The topological polar surface area (TPSA) is 74.7 Å². The maximum atomic E-state index is 12.3. The van der Waals surface area contributed by atoms with Gasteiger partial charge in [0.25, 0.3) is 0 Å². The molecule has 0 radical (unpaired) electrons. The third-order valence-corrected chi connectivity index (χ3v) is 4.95. The van der Waals surface area contributed by atoms with E-state index in [1.807, 2.05) is 13.8 Å². The lowest BCUT2D eigenvalue weighted by Gasteiger charge is -2.20. The molecule has 1 aromatic rings. The summed E-state index contributed by atoms with van der Waals surface area (Å²) in [4.78, 5) is 11.5. The van der Waals surface area contributed by atoms with Gasteiger partial charge in [-0.15, -0.1) is 0 Å². The molecule has 0 aliphatic rings. The molecule has 0 aromatic heterocycles. The molecule has 1 unspecified atom stereocenters. The third kappa shape index (κ3) is 3.58. The molecule has 1 aromatic carbocycles. The van der Waals surface area contributed by atoms with Crippen LogP contribution in [0.25, 0.3) is 0 Å². The summed E-state index contributed by atoms with van der Waals surface area (Å²) in [6.07, 6.45) is 0.398. The molecule has 0 spiro atoms. The Labute approximate surface area is 120 Å². The molecule has 0 aliphatic heterocycles. The molecule has 1 N–H and O–H groups in total. The van der Waals surface area contributed by atoms with E-state index in [4.69, 9.17) is 0 Å². The second-order valence-electron chi connectivity index (χ2n) is 5.35. The van der Waals surface area contributed by atoms with Crippen molar-refractivity contribution < 1.29 is 18.3 Å². The smallest absolute Gasteiger partial charge is 0.311 e. The van der Waals surface area contributed by atoms with Crippen molar-refractivity contribution in [1.82, 2.24) is 4.31 Å². The second-order valence-corrected chi connectivity index (χ2v) is 7.47. The maximum Gasteiger partial charge on any atom is 0.311 e. The van der Waals surface area contributed by atoms with Crippen molar-refractivity contribution in [2.24, 2.45) is 5.92 Å². The van der Waals surface area contributed by atoms with Crippen LogP contribution in [0.2, 0.25) is 0 Å². The Kier molecular flexibility index (Phi) is 5.30. The molecule has 0 saturated carbocycles. The Balaban J connectivity index is 3.41. The van der Waals surface area contributed by atoms with Gasteiger partial charge in [0.2, 0.25) is 10.0 Å². The average Bonchev–Trinajstić information content (AvgIpc) is 2.35. The van der Waals surface area contributed by atoms with Gasteiger partial charge in [-0.2, -0.15) is 0 Å². The fraction of sp³-hybridized carbons (Fsp3) is 0.500. The predicted molar refractivity (Wildman–Crippen MR) is 77.1 cm³/mol. The van der Waals surface area contributed by atoms with Gasteiger partial charge >= 0.3 is 5.97 Å². The monoisotopic (exact) mass is 299 g/mol. The lowest BCUT2D eigenvalue weighted by molar-refractivity contribution is -0.139. The van der Waals surface area contributed by atoms with Crippen LogP contribution in [-0.2, 0) is 14.8 Å². The van der Waals surface area contributed by atoms with Gasteiger partial charge in [-0.05, 0) is 24.0 Å². The van der Waals surface area contributed by atoms with Crippen LogP contribution >= 0.6 is 0 Å². The van der Waals surface area contributed by atoms with Crippen molar-refractivity contribution in [3.63, 3.8) is 0 Å². The summed E-state index contributed by atoms with van der Waals surface area (Å²) in [6.45, 7) is 3.83. The molecule has 0 heterocycles. The third-order valence-electron chi connectivity index (χ3n) is 3.06. The van der Waals surface area contributed by atoms with Gasteiger partial charge in [0, 0.05) is 14.1 Å². The Morgan fingerprint density at radius 2 is 1.80 bits per heavy atom. The highest BCUT2D eigenvalue weighted by Crippen LogP contribution is 2.30. The van der Waals surface area contributed by atoms with Crippen molar-refractivity contribution in [2.75, 3.05) is 14.1 Å². The Morgan fingerprint density at radius 3 is 2.25 bits per heavy atom. The van der Waals surface area contributed by atoms with Gasteiger partial charge in [-0.25, -0.2) is 12.7 Å². The largest absolute Gasteiger partial charge is 0.481 e. The molecule has 20 heavy (non-hydrogen) atoms. The molecule has 0 fully saturated rings. The molecule has 1 rings (SSSR count). The number of carboxylic acids is 1. The molecular formula is C14H21NO4S. The van der Waals surface area contributed by atoms with E-state index >= 15 is 0 Å². The summed E-state index contributed by atoms with van der Waals surface area (Å²) in [6, 6.07) is 6.31. The molecular weight excluding hydrogens is 278 g/mol. The Hall–Kier alpha value is -1.40. The van der Waals surface area contributed by atoms with Crippen LogP contribution in [0, 0.1) is 5.92 Å². The summed E-state index contributed by atoms with van der Waals surface area (Å²) in [5.74, 6) is -1.66. The Bertz CT molecular complexity index is 579. The van der Waals surface area contributed by atoms with Gasteiger partial charge in [0.05, 0.1) is 10.8 Å². The number of rotatable bonds is 6. The summed E-state index contributed by atoms with van der Waals surface area (Å²) < 4.78 is 25.7. The van der Waals surface area contributed by atoms with Crippen LogP contribution in [0.5, 0.6) is 0 Å². The zero-order valence-electron chi connectivity index (χ0n) is 12.2. The number of aliphatic carboxylic acids is 1. The zero-order chi connectivity index (χ0) is 15.5. The Morgan fingerprint density at radius 1 is 1.25 bits per heavy atom. The first-order chi connectivity index (χ1) is 9.17. The minimum Gasteiger partial charge on any atom is -0.481 e. The first-order valence-electron chi connectivity index (χ1n) is 6.42. The van der Waals surface area contributed by atoms with Crippen LogP contribution in [0.1, 0.15) is 31.7 Å². The molecule has 0 aliphatic carbocycles. The van der Waals surface area contributed by atoms with Crippen LogP contribution < -0.4 is 0 Å². The summed E-state index contributed by atoms with van der Waals surface area (Å²) in [5.41, 5.74) is 0.349. The fourth-order valence-electron chi connectivity index (χ4n) is 2.03. The SMILES string of the molecule is CC(C)CC(C(=O)O)c1ccccc1S(=O)(=O)N(C)C. The maximum absolute atomic E-state index is 12.3. The fourth-order valence-corrected chi connectivity index (χ4v) is 3.18. The van der Waals surface area contributed by atoms with Crippen molar-refractivity contribution in [3.05, 3.63) is 29.8 Å². The van der Waals surface area contributed by atoms with Gasteiger partial charge < -0.3 is 5.11 Å². The number of sulfonamides is 1. The van der Waals surface area contributed by atoms with Crippen molar-refractivity contribution >= 4 is 16.0 Å². The minimum absolute atomic E-state index is 0.0676. The van der Waals surface area contributed by atoms with E-state index in [0.29, 0.717) is 12.0 Å². The van der Waals surface area contributed by atoms with Crippen molar-refractivity contribution in [1.29, 1.82) is 0 Å². The lowest BCUT2D eigenvalue weighted by Crippen LogP contribution is -2.25. The number of nitrogens with zero attached hydrogens (tertiary/aromatic N) is 1. The van der Waals surface area contributed by atoms with Gasteiger partial charge in [0.15, 0.2) is 0 Å². The van der Waals surface area contributed by atoms with Crippen LogP contribution in [-0.4, -0.2) is 37.9 Å². The normalized spacial score (nSPS) is 13.7. The van der Waals surface area contributed by atoms with Crippen LogP contribution in [0.4, 0.5) is 0 Å². The van der Waals surface area contributed by atoms with Crippen molar-refractivity contribution in [3.8, 4) is 0 Å². The second kappa shape index (κ2) is 6.37. The number of benzene rings is 1. The molecule has 5 nitrogen and oxygen atoms in total. The highest BCUT2D eigenvalue weighted by Gasteiger charge is 2.29. The van der Waals surface area contributed by atoms with E-state index < -0.39 is 21.9 Å². The molecule has 0 saturated heterocycles. The molecule has 112 valence electrons. The number of hydrogen-bond donors (Lipinski definition) is 1.